The minimum absolute atomic E-state index is 0.144. The van der Waals surface area contributed by atoms with Crippen LogP contribution in [0.3, 0.4) is 0 Å². The van der Waals surface area contributed by atoms with Crippen molar-refractivity contribution in [2.45, 2.75) is 19.3 Å². The Hall–Kier alpha value is -0.650. The summed E-state index contributed by atoms with van der Waals surface area (Å²) < 4.78 is 5.44. The number of ether oxygens (including phenoxy) is 1. The lowest BCUT2D eigenvalue weighted by atomic mass is 9.87. The molecule has 2 heterocycles. The topological polar surface area (TPSA) is 75.8 Å². The number of carbonyl (C=O) groups is 1. The highest BCUT2D eigenvalue weighted by Gasteiger charge is 2.33. The van der Waals surface area contributed by atoms with E-state index in [0.717, 1.165) is 39.0 Å². The van der Waals surface area contributed by atoms with Gasteiger partial charge in [-0.15, -0.1) is 0 Å². The Kier molecular flexibility index (Phi) is 4.97. The molecule has 104 valence electrons. The van der Waals surface area contributed by atoms with Crippen LogP contribution in [0.2, 0.25) is 0 Å². The number of likely N-dealkylation sites (tertiary alicyclic amines) is 1. The Morgan fingerprint density at radius 3 is 2.67 bits per heavy atom. The molecule has 3 N–H and O–H groups in total. The van der Waals surface area contributed by atoms with Crippen LogP contribution < -0.4 is 5.73 Å². The summed E-state index contributed by atoms with van der Waals surface area (Å²) in [6.07, 6.45) is 2.93. The van der Waals surface area contributed by atoms with Crippen molar-refractivity contribution >= 4 is 5.97 Å². The van der Waals surface area contributed by atoms with Gasteiger partial charge >= 0.3 is 5.97 Å². The first-order valence-corrected chi connectivity index (χ1v) is 6.93. The molecule has 2 aliphatic rings. The zero-order valence-electron chi connectivity index (χ0n) is 10.9. The molecular weight excluding hydrogens is 232 g/mol. The van der Waals surface area contributed by atoms with Gasteiger partial charge in [0.15, 0.2) is 0 Å². The minimum Gasteiger partial charge on any atom is -0.481 e. The normalized spacial score (nSPS) is 31.4. The van der Waals surface area contributed by atoms with Gasteiger partial charge in [-0.3, -0.25) is 4.79 Å². The summed E-state index contributed by atoms with van der Waals surface area (Å²) in [6, 6.07) is 0. The molecule has 2 atom stereocenters. The molecule has 2 rings (SSSR count). The Balaban J connectivity index is 1.82. The van der Waals surface area contributed by atoms with E-state index in [1.807, 2.05) is 0 Å². The van der Waals surface area contributed by atoms with Crippen molar-refractivity contribution in [2.75, 3.05) is 39.4 Å². The van der Waals surface area contributed by atoms with Crippen LogP contribution in [0.4, 0.5) is 0 Å². The summed E-state index contributed by atoms with van der Waals surface area (Å²) in [5, 5.41) is 9.23. The average Bonchev–Trinajstić information content (AvgIpc) is 2.40. The highest BCUT2D eigenvalue weighted by molar-refractivity contribution is 5.70. The van der Waals surface area contributed by atoms with E-state index in [4.69, 9.17) is 10.5 Å². The summed E-state index contributed by atoms with van der Waals surface area (Å²) >= 11 is 0. The van der Waals surface area contributed by atoms with E-state index < -0.39 is 5.97 Å². The van der Waals surface area contributed by atoms with Gasteiger partial charge in [-0.05, 0) is 44.8 Å². The second-order valence-electron chi connectivity index (χ2n) is 5.55. The van der Waals surface area contributed by atoms with Crippen LogP contribution >= 0.6 is 0 Å². The summed E-state index contributed by atoms with van der Waals surface area (Å²) in [5.74, 6) is -0.101. The van der Waals surface area contributed by atoms with Gasteiger partial charge in [-0.25, -0.2) is 0 Å². The third-order valence-corrected chi connectivity index (χ3v) is 4.32. The van der Waals surface area contributed by atoms with Gasteiger partial charge < -0.3 is 20.5 Å². The molecular formula is C13H24N2O3. The number of carboxylic acid groups (broad SMARTS) is 1. The number of piperidine rings is 1. The average molecular weight is 256 g/mol. The monoisotopic (exact) mass is 256 g/mol. The van der Waals surface area contributed by atoms with Crippen molar-refractivity contribution in [1.82, 2.24) is 4.90 Å². The summed E-state index contributed by atoms with van der Waals surface area (Å²) in [7, 11) is 0. The summed E-state index contributed by atoms with van der Waals surface area (Å²) in [4.78, 5) is 13.6. The predicted molar refractivity (Wildman–Crippen MR) is 68.3 cm³/mol. The SMILES string of the molecule is NCC1CCN(CC2COCCC2C(=O)O)CC1. The first kappa shape index (κ1) is 13.8. The fourth-order valence-corrected chi connectivity index (χ4v) is 3.04. The number of hydrogen-bond acceptors (Lipinski definition) is 4. The molecule has 18 heavy (non-hydrogen) atoms. The first-order valence-electron chi connectivity index (χ1n) is 6.93. The molecule has 0 saturated carbocycles. The van der Waals surface area contributed by atoms with Gasteiger partial charge in [0.25, 0.3) is 0 Å². The van der Waals surface area contributed by atoms with E-state index in [9.17, 15) is 9.90 Å². The van der Waals surface area contributed by atoms with E-state index in [1.165, 1.54) is 0 Å². The number of aliphatic carboxylic acids is 1. The second kappa shape index (κ2) is 6.50. The molecule has 2 fully saturated rings. The first-order chi connectivity index (χ1) is 8.70. The van der Waals surface area contributed by atoms with Crippen LogP contribution in [0.5, 0.6) is 0 Å². The minimum atomic E-state index is -0.667. The van der Waals surface area contributed by atoms with Crippen LogP contribution in [0, 0.1) is 17.8 Å². The molecule has 0 aromatic rings. The van der Waals surface area contributed by atoms with Crippen LogP contribution in [0.1, 0.15) is 19.3 Å². The van der Waals surface area contributed by atoms with Crippen molar-refractivity contribution in [3.63, 3.8) is 0 Å². The van der Waals surface area contributed by atoms with Gasteiger partial charge in [-0.1, -0.05) is 0 Å². The van der Waals surface area contributed by atoms with Gasteiger partial charge in [-0.2, -0.15) is 0 Å². The molecule has 2 saturated heterocycles. The quantitative estimate of drug-likeness (QED) is 0.761. The molecule has 0 aliphatic carbocycles. The van der Waals surface area contributed by atoms with E-state index in [1.54, 1.807) is 0 Å². The van der Waals surface area contributed by atoms with E-state index in [-0.39, 0.29) is 11.8 Å². The standard InChI is InChI=1S/C13H24N2O3/c14-7-10-1-4-15(5-2-10)8-11-9-18-6-3-12(11)13(16)17/h10-12H,1-9,14H2,(H,16,17). The molecule has 0 aromatic carbocycles. The highest BCUT2D eigenvalue weighted by atomic mass is 16.5. The zero-order valence-corrected chi connectivity index (χ0v) is 10.9. The Labute approximate surface area is 108 Å². The third-order valence-electron chi connectivity index (χ3n) is 4.32. The van der Waals surface area contributed by atoms with Gasteiger partial charge in [0.05, 0.1) is 12.5 Å². The molecule has 0 spiro atoms. The van der Waals surface area contributed by atoms with Crippen molar-refractivity contribution in [3.8, 4) is 0 Å². The highest BCUT2D eigenvalue weighted by Crippen LogP contribution is 2.25. The Bertz CT molecular complexity index is 277. The Morgan fingerprint density at radius 1 is 1.33 bits per heavy atom. The van der Waals surface area contributed by atoms with Crippen molar-refractivity contribution in [3.05, 3.63) is 0 Å². The summed E-state index contributed by atoms with van der Waals surface area (Å²) in [6.45, 7) is 4.90. The fraction of sp³-hybridized carbons (Fsp3) is 0.923. The second-order valence-corrected chi connectivity index (χ2v) is 5.55. The largest absolute Gasteiger partial charge is 0.481 e. The molecule has 2 unspecified atom stereocenters. The van der Waals surface area contributed by atoms with Gasteiger partial charge in [0, 0.05) is 19.1 Å². The lowest BCUT2D eigenvalue weighted by Gasteiger charge is -2.37. The molecule has 5 nitrogen and oxygen atoms in total. The van der Waals surface area contributed by atoms with Crippen molar-refractivity contribution in [1.29, 1.82) is 0 Å². The van der Waals surface area contributed by atoms with Crippen LogP contribution in [0.15, 0.2) is 0 Å². The zero-order chi connectivity index (χ0) is 13.0. The molecule has 2 aliphatic heterocycles. The van der Waals surface area contributed by atoms with E-state index in [2.05, 4.69) is 4.90 Å². The third kappa shape index (κ3) is 3.43. The maximum Gasteiger partial charge on any atom is 0.307 e. The van der Waals surface area contributed by atoms with Crippen molar-refractivity contribution < 1.29 is 14.6 Å². The van der Waals surface area contributed by atoms with Gasteiger partial charge in [0.1, 0.15) is 0 Å². The lowest BCUT2D eigenvalue weighted by Crippen LogP contribution is -2.44. The number of nitrogens with two attached hydrogens (primary N) is 1. The van der Waals surface area contributed by atoms with Crippen molar-refractivity contribution in [2.24, 2.45) is 23.5 Å². The molecule has 0 bridgehead atoms. The number of hydrogen-bond donors (Lipinski definition) is 2. The maximum absolute atomic E-state index is 11.2. The lowest BCUT2D eigenvalue weighted by molar-refractivity contribution is -0.149. The molecule has 0 aromatic heterocycles. The Morgan fingerprint density at radius 2 is 2.06 bits per heavy atom. The smallest absolute Gasteiger partial charge is 0.307 e. The van der Waals surface area contributed by atoms with Gasteiger partial charge in [0.2, 0.25) is 0 Å². The maximum atomic E-state index is 11.2. The van der Waals surface area contributed by atoms with Crippen LogP contribution in [-0.2, 0) is 9.53 Å². The van der Waals surface area contributed by atoms with E-state index >= 15 is 0 Å². The summed E-state index contributed by atoms with van der Waals surface area (Å²) in [5.41, 5.74) is 5.68. The van der Waals surface area contributed by atoms with Crippen LogP contribution in [0.25, 0.3) is 0 Å². The molecule has 5 heteroatoms. The number of rotatable bonds is 4. The number of nitrogens with zero attached hydrogens (tertiary/aromatic N) is 1. The van der Waals surface area contributed by atoms with Crippen LogP contribution in [-0.4, -0.2) is 55.4 Å². The molecule has 0 radical (unpaired) electrons. The predicted octanol–water partition coefficient (Wildman–Crippen LogP) is 0.394. The fourth-order valence-electron chi connectivity index (χ4n) is 3.04. The number of carboxylic acids is 1. The molecule has 0 amide bonds. The van der Waals surface area contributed by atoms with E-state index in [0.29, 0.717) is 25.6 Å².